The molecule has 5 nitrogen and oxygen atoms in total. The minimum Gasteiger partial charge on any atom is -0.343 e. The quantitative estimate of drug-likeness (QED) is 0.229. The number of hydrogen-bond donors (Lipinski definition) is 0. The van der Waals surface area contributed by atoms with Gasteiger partial charge in [-0.2, -0.15) is 9.88 Å². The summed E-state index contributed by atoms with van der Waals surface area (Å²) in [6.07, 6.45) is 5.05. The molecule has 22 heavy (non-hydrogen) atoms. The lowest BCUT2D eigenvalue weighted by Gasteiger charge is -2.05. The highest BCUT2D eigenvalue weighted by Crippen LogP contribution is 2.24. The van der Waals surface area contributed by atoms with E-state index in [2.05, 4.69) is 26.7 Å². The van der Waals surface area contributed by atoms with Gasteiger partial charge < -0.3 is 9.45 Å². The zero-order valence-electron chi connectivity index (χ0n) is 12.3. The van der Waals surface area contributed by atoms with Gasteiger partial charge in [-0.05, 0) is 24.6 Å². The SMILES string of the molecule is CCOO/C=N/c1nccc2c1ccn2Cc1ccccc1. The number of nitrogens with zero attached hydrogens (tertiary/aromatic N) is 3. The summed E-state index contributed by atoms with van der Waals surface area (Å²) in [4.78, 5) is 18.0. The number of benzene rings is 1. The molecule has 0 fully saturated rings. The van der Waals surface area contributed by atoms with Gasteiger partial charge in [0.05, 0.1) is 12.1 Å². The highest BCUT2D eigenvalue weighted by Gasteiger charge is 2.06. The number of aromatic nitrogens is 2. The van der Waals surface area contributed by atoms with Gasteiger partial charge in [-0.1, -0.05) is 30.3 Å². The minimum absolute atomic E-state index is 0.469. The molecular formula is C17H17N3O2. The van der Waals surface area contributed by atoms with Crippen molar-refractivity contribution in [2.75, 3.05) is 6.61 Å². The van der Waals surface area contributed by atoms with Crippen molar-refractivity contribution in [1.29, 1.82) is 0 Å². The molecule has 0 atom stereocenters. The summed E-state index contributed by atoms with van der Waals surface area (Å²) in [5.74, 6) is 0.615. The van der Waals surface area contributed by atoms with Crippen molar-refractivity contribution < 1.29 is 9.78 Å². The summed E-state index contributed by atoms with van der Waals surface area (Å²) in [5, 5.41) is 0.981. The van der Waals surface area contributed by atoms with Crippen LogP contribution in [0.4, 0.5) is 5.82 Å². The number of hydrogen-bond acceptors (Lipinski definition) is 4. The van der Waals surface area contributed by atoms with Gasteiger partial charge in [-0.3, -0.25) is 0 Å². The van der Waals surface area contributed by atoms with Crippen LogP contribution in [-0.2, 0) is 16.3 Å². The summed E-state index contributed by atoms with van der Waals surface area (Å²) in [6.45, 7) is 3.13. The molecule has 5 heteroatoms. The molecule has 0 aliphatic heterocycles. The Kier molecular flexibility index (Phi) is 4.46. The van der Waals surface area contributed by atoms with Crippen LogP contribution in [0, 0.1) is 0 Å². The van der Waals surface area contributed by atoms with Crippen LogP contribution in [0.25, 0.3) is 10.9 Å². The molecule has 3 rings (SSSR count). The molecule has 0 amide bonds. The van der Waals surface area contributed by atoms with Crippen LogP contribution in [0.2, 0.25) is 0 Å². The molecule has 0 spiro atoms. The fraction of sp³-hybridized carbons (Fsp3) is 0.176. The highest BCUT2D eigenvalue weighted by atomic mass is 17.2. The first-order valence-corrected chi connectivity index (χ1v) is 7.17. The van der Waals surface area contributed by atoms with Crippen molar-refractivity contribution >= 4 is 23.1 Å². The summed E-state index contributed by atoms with van der Waals surface area (Å²) >= 11 is 0. The third-order valence-corrected chi connectivity index (χ3v) is 3.28. The monoisotopic (exact) mass is 295 g/mol. The second-order valence-corrected chi connectivity index (χ2v) is 4.73. The van der Waals surface area contributed by atoms with Crippen LogP contribution in [0.1, 0.15) is 12.5 Å². The van der Waals surface area contributed by atoms with Gasteiger partial charge in [0.15, 0.2) is 5.82 Å². The maximum absolute atomic E-state index is 4.80. The maximum Gasteiger partial charge on any atom is 0.221 e. The minimum atomic E-state index is 0.469. The predicted molar refractivity (Wildman–Crippen MR) is 86.1 cm³/mol. The third-order valence-electron chi connectivity index (χ3n) is 3.28. The van der Waals surface area contributed by atoms with Crippen molar-refractivity contribution in [1.82, 2.24) is 9.55 Å². The molecule has 2 heterocycles. The lowest BCUT2D eigenvalue weighted by Crippen LogP contribution is -1.97. The molecule has 0 aliphatic carbocycles. The van der Waals surface area contributed by atoms with Gasteiger partial charge >= 0.3 is 0 Å². The zero-order chi connectivity index (χ0) is 15.2. The molecule has 0 bridgehead atoms. The van der Waals surface area contributed by atoms with Crippen LogP contribution in [0.5, 0.6) is 0 Å². The van der Waals surface area contributed by atoms with Crippen molar-refractivity contribution in [2.24, 2.45) is 4.99 Å². The number of aliphatic imine (C=N–C) groups is 1. The normalized spacial score (nSPS) is 11.3. The summed E-state index contributed by atoms with van der Waals surface area (Å²) < 4.78 is 2.18. The van der Waals surface area contributed by atoms with Gasteiger partial charge in [0.25, 0.3) is 0 Å². The second-order valence-electron chi connectivity index (χ2n) is 4.73. The van der Waals surface area contributed by atoms with E-state index in [0.717, 1.165) is 17.4 Å². The fourth-order valence-corrected chi connectivity index (χ4v) is 2.30. The van der Waals surface area contributed by atoms with Crippen molar-refractivity contribution in [3.8, 4) is 0 Å². The molecule has 112 valence electrons. The van der Waals surface area contributed by atoms with Crippen LogP contribution in [0.15, 0.2) is 59.9 Å². The first kappa shape index (κ1) is 14.3. The van der Waals surface area contributed by atoms with Crippen LogP contribution in [0.3, 0.4) is 0 Å². The predicted octanol–water partition coefficient (Wildman–Crippen LogP) is 3.71. The number of rotatable bonds is 6. The number of fused-ring (bicyclic) bond motifs is 1. The Balaban J connectivity index is 1.87. The average molecular weight is 295 g/mol. The van der Waals surface area contributed by atoms with Crippen molar-refractivity contribution in [3.05, 3.63) is 60.4 Å². The molecule has 0 aliphatic rings. The largest absolute Gasteiger partial charge is 0.343 e. The van der Waals surface area contributed by atoms with E-state index in [9.17, 15) is 0 Å². The first-order chi connectivity index (χ1) is 10.9. The molecule has 1 aromatic carbocycles. The average Bonchev–Trinajstić information content (AvgIpc) is 2.96. The van der Waals surface area contributed by atoms with Crippen molar-refractivity contribution in [2.45, 2.75) is 13.5 Å². The topological polar surface area (TPSA) is 48.6 Å². The summed E-state index contributed by atoms with van der Waals surface area (Å²) in [5.41, 5.74) is 2.34. The Hall–Kier alpha value is -2.66. The third kappa shape index (κ3) is 3.15. The molecule has 0 saturated carbocycles. The Bertz CT molecular complexity index is 766. The van der Waals surface area contributed by atoms with Gasteiger partial charge in [0, 0.05) is 24.3 Å². The molecule has 0 radical (unpaired) electrons. The number of pyridine rings is 1. The highest BCUT2D eigenvalue weighted by molar-refractivity contribution is 5.89. The van der Waals surface area contributed by atoms with E-state index in [1.54, 1.807) is 6.20 Å². The molecule has 0 saturated heterocycles. The standard InChI is InChI=1S/C17H17N3O2/c1-2-21-22-13-19-17-15-9-11-20(16(15)8-10-18-17)12-14-6-4-3-5-7-14/h3-11,13H,2,12H2,1H3/b19-13+. The smallest absolute Gasteiger partial charge is 0.221 e. The Labute approximate surface area is 128 Å². The van der Waals surface area contributed by atoms with Gasteiger partial charge in [-0.15, -0.1) is 0 Å². The maximum atomic E-state index is 4.80. The molecule has 2 aromatic heterocycles. The van der Waals surface area contributed by atoms with Gasteiger partial charge in [-0.25, -0.2) is 4.98 Å². The molecule has 3 aromatic rings. The Morgan fingerprint density at radius 3 is 2.86 bits per heavy atom. The van der Waals surface area contributed by atoms with E-state index in [0.29, 0.717) is 12.4 Å². The van der Waals surface area contributed by atoms with Crippen LogP contribution >= 0.6 is 0 Å². The van der Waals surface area contributed by atoms with E-state index < -0.39 is 0 Å². The van der Waals surface area contributed by atoms with Crippen molar-refractivity contribution in [3.63, 3.8) is 0 Å². The Morgan fingerprint density at radius 2 is 2.05 bits per heavy atom. The second kappa shape index (κ2) is 6.87. The van der Waals surface area contributed by atoms with Gasteiger partial charge in [0.1, 0.15) is 0 Å². The van der Waals surface area contributed by atoms with E-state index in [4.69, 9.17) is 9.78 Å². The Morgan fingerprint density at radius 1 is 1.18 bits per heavy atom. The van der Waals surface area contributed by atoms with E-state index in [1.807, 2.05) is 43.5 Å². The van der Waals surface area contributed by atoms with Crippen LogP contribution in [-0.4, -0.2) is 22.6 Å². The van der Waals surface area contributed by atoms with E-state index >= 15 is 0 Å². The van der Waals surface area contributed by atoms with Gasteiger partial charge in [0.2, 0.25) is 6.40 Å². The fourth-order valence-electron chi connectivity index (χ4n) is 2.30. The molecule has 0 unspecified atom stereocenters. The lowest BCUT2D eigenvalue weighted by atomic mass is 10.2. The first-order valence-electron chi connectivity index (χ1n) is 7.17. The zero-order valence-corrected chi connectivity index (χ0v) is 12.3. The molecular weight excluding hydrogens is 278 g/mol. The lowest BCUT2D eigenvalue weighted by molar-refractivity contribution is -0.211. The van der Waals surface area contributed by atoms with Crippen LogP contribution < -0.4 is 0 Å². The summed E-state index contributed by atoms with van der Waals surface area (Å²) in [7, 11) is 0. The van der Waals surface area contributed by atoms with E-state index in [-0.39, 0.29) is 0 Å². The summed E-state index contributed by atoms with van der Waals surface area (Å²) in [6, 6.07) is 14.3. The molecule has 0 N–H and O–H groups in total. The van der Waals surface area contributed by atoms with E-state index in [1.165, 1.54) is 12.0 Å².